The van der Waals surface area contributed by atoms with Gasteiger partial charge < -0.3 is 15.2 Å². The van der Waals surface area contributed by atoms with Gasteiger partial charge in [-0.1, -0.05) is 23.7 Å². The number of fused-ring (bicyclic) bond motifs is 1. The minimum atomic E-state index is -4.02. The van der Waals surface area contributed by atoms with Gasteiger partial charge in [0.15, 0.2) is 0 Å². The highest BCUT2D eigenvalue weighted by atomic mass is 35.5. The number of thiophene rings is 2. The number of hydrogen-bond acceptors (Lipinski definition) is 7. The van der Waals surface area contributed by atoms with E-state index in [0.29, 0.717) is 10.8 Å². The van der Waals surface area contributed by atoms with Crippen molar-refractivity contribution in [3.8, 4) is 11.5 Å². The number of sulfonamides is 1. The SMILES string of the molecule is COc1ccccc1NS(=O)(=O)c1ccc(O)c(NC(=O)c2sc3sccc3c2Cl)c1. The maximum absolute atomic E-state index is 12.8. The third-order valence-corrected chi connectivity index (χ3v) is 8.46. The summed E-state index contributed by atoms with van der Waals surface area (Å²) in [6, 6.07) is 12.0. The number of ether oxygens (including phenoxy) is 1. The van der Waals surface area contributed by atoms with E-state index in [0.717, 1.165) is 9.40 Å². The van der Waals surface area contributed by atoms with E-state index in [4.69, 9.17) is 16.3 Å². The summed E-state index contributed by atoms with van der Waals surface area (Å²) in [6.07, 6.45) is 0. The number of benzene rings is 2. The van der Waals surface area contributed by atoms with Crippen molar-refractivity contribution < 1.29 is 23.1 Å². The lowest BCUT2D eigenvalue weighted by atomic mass is 10.3. The second-order valence-corrected chi connectivity index (χ2v) is 10.6. The average molecular weight is 495 g/mol. The molecular formula is C20H15ClN2O5S3. The Kier molecular flexibility index (Phi) is 5.80. The Labute approximate surface area is 190 Å². The fourth-order valence-corrected chi connectivity index (χ4v) is 6.45. The lowest BCUT2D eigenvalue weighted by Crippen LogP contribution is -2.15. The van der Waals surface area contributed by atoms with Gasteiger partial charge in [-0.05, 0) is 41.8 Å². The van der Waals surface area contributed by atoms with Crippen LogP contribution in [0.25, 0.3) is 9.40 Å². The normalized spacial score (nSPS) is 11.4. The monoisotopic (exact) mass is 494 g/mol. The maximum Gasteiger partial charge on any atom is 0.267 e. The highest BCUT2D eigenvalue weighted by molar-refractivity contribution is 7.92. The summed E-state index contributed by atoms with van der Waals surface area (Å²) in [6.45, 7) is 0. The molecule has 0 aliphatic carbocycles. The van der Waals surface area contributed by atoms with Crippen LogP contribution in [0.5, 0.6) is 11.5 Å². The second kappa shape index (κ2) is 8.39. The van der Waals surface area contributed by atoms with Crippen LogP contribution in [0.1, 0.15) is 9.67 Å². The number of aromatic hydroxyl groups is 1. The van der Waals surface area contributed by atoms with Crippen LogP contribution < -0.4 is 14.8 Å². The molecule has 2 aromatic heterocycles. The molecule has 0 atom stereocenters. The molecule has 0 saturated heterocycles. The van der Waals surface area contributed by atoms with Crippen LogP contribution in [0, 0.1) is 0 Å². The van der Waals surface area contributed by atoms with Crippen LogP contribution in [-0.2, 0) is 10.0 Å². The van der Waals surface area contributed by atoms with Gasteiger partial charge in [-0.15, -0.1) is 22.7 Å². The molecule has 0 aliphatic heterocycles. The van der Waals surface area contributed by atoms with E-state index in [2.05, 4.69) is 10.0 Å². The first-order chi connectivity index (χ1) is 14.8. The Balaban J connectivity index is 1.62. The smallest absolute Gasteiger partial charge is 0.267 e. The fraction of sp³-hybridized carbons (Fsp3) is 0.0500. The van der Waals surface area contributed by atoms with Crippen LogP contribution in [0.4, 0.5) is 11.4 Å². The van der Waals surface area contributed by atoms with Gasteiger partial charge in [-0.3, -0.25) is 9.52 Å². The molecule has 31 heavy (non-hydrogen) atoms. The third kappa shape index (κ3) is 4.19. The molecule has 0 aliphatic rings. The molecule has 2 aromatic carbocycles. The predicted molar refractivity (Wildman–Crippen MR) is 125 cm³/mol. The van der Waals surface area contributed by atoms with Crippen LogP contribution in [0.2, 0.25) is 5.02 Å². The quantitative estimate of drug-likeness (QED) is 0.312. The number of nitrogens with one attached hydrogen (secondary N) is 2. The number of amides is 1. The number of hydrogen-bond donors (Lipinski definition) is 3. The zero-order valence-corrected chi connectivity index (χ0v) is 19.1. The summed E-state index contributed by atoms with van der Waals surface area (Å²) < 4.78 is 34.2. The summed E-state index contributed by atoms with van der Waals surface area (Å²) in [5, 5.41) is 15.7. The predicted octanol–water partition coefficient (Wildman–Crippen LogP) is 5.38. The Morgan fingerprint density at radius 2 is 1.90 bits per heavy atom. The zero-order chi connectivity index (χ0) is 22.2. The molecule has 0 bridgehead atoms. The molecule has 0 radical (unpaired) electrons. The molecule has 0 saturated carbocycles. The highest BCUT2D eigenvalue weighted by Gasteiger charge is 2.22. The van der Waals surface area contributed by atoms with E-state index in [1.54, 1.807) is 24.3 Å². The summed E-state index contributed by atoms with van der Waals surface area (Å²) in [5.74, 6) is -0.467. The van der Waals surface area contributed by atoms with E-state index in [9.17, 15) is 18.3 Å². The van der Waals surface area contributed by atoms with E-state index in [-0.39, 0.29) is 26.9 Å². The number of phenols is 1. The number of anilines is 2. The van der Waals surface area contributed by atoms with Gasteiger partial charge in [-0.2, -0.15) is 0 Å². The van der Waals surface area contributed by atoms with Crippen LogP contribution in [-0.4, -0.2) is 26.5 Å². The molecule has 0 fully saturated rings. The molecule has 3 N–H and O–H groups in total. The molecule has 4 aromatic rings. The molecule has 0 spiro atoms. The van der Waals surface area contributed by atoms with Crippen molar-refractivity contribution in [2.24, 2.45) is 0 Å². The molecule has 1 amide bonds. The Morgan fingerprint density at radius 3 is 2.65 bits per heavy atom. The minimum Gasteiger partial charge on any atom is -0.506 e. The Morgan fingerprint density at radius 1 is 1.13 bits per heavy atom. The molecule has 7 nitrogen and oxygen atoms in total. The average Bonchev–Trinajstić information content (AvgIpc) is 3.32. The number of methoxy groups -OCH3 is 1. The van der Waals surface area contributed by atoms with Crippen LogP contribution >= 0.6 is 34.3 Å². The lowest BCUT2D eigenvalue weighted by molar-refractivity contribution is 0.103. The summed E-state index contributed by atoms with van der Waals surface area (Å²) in [5.41, 5.74) is 0.204. The first-order valence-electron chi connectivity index (χ1n) is 8.76. The van der Waals surface area contributed by atoms with Gasteiger partial charge in [0.2, 0.25) is 0 Å². The molecule has 4 rings (SSSR count). The van der Waals surface area contributed by atoms with Crippen molar-refractivity contribution >= 4 is 71.0 Å². The minimum absolute atomic E-state index is 0.0549. The van der Waals surface area contributed by atoms with Crippen molar-refractivity contribution in [3.63, 3.8) is 0 Å². The largest absolute Gasteiger partial charge is 0.506 e. The maximum atomic E-state index is 12.8. The number of para-hydroxylation sites is 2. The van der Waals surface area contributed by atoms with Crippen molar-refractivity contribution in [1.82, 2.24) is 0 Å². The van der Waals surface area contributed by atoms with Gasteiger partial charge in [0.1, 0.15) is 16.4 Å². The van der Waals surface area contributed by atoms with E-state index in [1.807, 2.05) is 11.4 Å². The second-order valence-electron chi connectivity index (χ2n) is 6.31. The fourth-order valence-electron chi connectivity index (χ4n) is 2.84. The van der Waals surface area contributed by atoms with E-state index in [1.165, 1.54) is 48.0 Å². The molecule has 160 valence electrons. The highest BCUT2D eigenvalue weighted by Crippen LogP contribution is 2.39. The van der Waals surface area contributed by atoms with Gasteiger partial charge >= 0.3 is 0 Å². The van der Waals surface area contributed by atoms with Gasteiger partial charge in [0, 0.05) is 5.39 Å². The van der Waals surface area contributed by atoms with Gasteiger partial charge in [0.05, 0.1) is 32.4 Å². The van der Waals surface area contributed by atoms with Crippen LogP contribution in [0.3, 0.4) is 0 Å². The van der Waals surface area contributed by atoms with Crippen molar-refractivity contribution in [1.29, 1.82) is 0 Å². The number of halogens is 1. The molecule has 2 heterocycles. The molecule has 11 heteroatoms. The number of phenolic OH excluding ortho intramolecular Hbond substituents is 1. The lowest BCUT2D eigenvalue weighted by Gasteiger charge is -2.13. The zero-order valence-electron chi connectivity index (χ0n) is 15.9. The summed E-state index contributed by atoms with van der Waals surface area (Å²) >= 11 is 8.99. The van der Waals surface area contributed by atoms with Crippen molar-refractivity contribution in [2.45, 2.75) is 4.90 Å². The molecular weight excluding hydrogens is 480 g/mol. The standard InChI is InChI=1S/C20H15ClN2O5S3/c1-28-16-5-3-2-4-13(16)23-31(26,27)11-6-7-15(24)14(10-11)22-19(25)18-17(21)12-8-9-29-20(12)30-18/h2-10,23-24H,1H3,(H,22,25). The van der Waals surface area contributed by atoms with E-state index >= 15 is 0 Å². The molecule has 0 unspecified atom stereocenters. The van der Waals surface area contributed by atoms with Gasteiger partial charge in [0.25, 0.3) is 15.9 Å². The number of rotatable bonds is 6. The summed E-state index contributed by atoms with van der Waals surface area (Å²) in [4.78, 5) is 12.8. The first kappa shape index (κ1) is 21.4. The van der Waals surface area contributed by atoms with Crippen molar-refractivity contribution in [2.75, 3.05) is 17.1 Å². The van der Waals surface area contributed by atoms with Crippen molar-refractivity contribution in [3.05, 3.63) is 63.8 Å². The Hall–Kier alpha value is -2.79. The Bertz CT molecular complexity index is 1400. The van der Waals surface area contributed by atoms with Crippen LogP contribution in [0.15, 0.2) is 58.8 Å². The number of carbonyl (C=O) groups excluding carboxylic acids is 1. The first-order valence-corrected chi connectivity index (χ1v) is 12.3. The van der Waals surface area contributed by atoms with Gasteiger partial charge in [-0.25, -0.2) is 8.42 Å². The van der Waals surface area contributed by atoms with E-state index < -0.39 is 15.9 Å². The topological polar surface area (TPSA) is 105 Å². The third-order valence-electron chi connectivity index (χ3n) is 4.34. The number of carbonyl (C=O) groups is 1. The summed E-state index contributed by atoms with van der Waals surface area (Å²) in [7, 11) is -2.59.